The van der Waals surface area contributed by atoms with Gasteiger partial charge in [0.15, 0.2) is 11.5 Å². The van der Waals surface area contributed by atoms with E-state index in [1.54, 1.807) is 57.5 Å². The van der Waals surface area contributed by atoms with Gasteiger partial charge in [-0.2, -0.15) is 4.80 Å². The van der Waals surface area contributed by atoms with Crippen LogP contribution in [-0.4, -0.2) is 65.4 Å². The van der Waals surface area contributed by atoms with E-state index in [-0.39, 0.29) is 24.4 Å². The second-order valence-corrected chi connectivity index (χ2v) is 8.81. The number of benzene rings is 2. The van der Waals surface area contributed by atoms with Gasteiger partial charge in [-0.05, 0) is 55.3 Å². The summed E-state index contributed by atoms with van der Waals surface area (Å²) < 4.78 is 16.1. The molecule has 3 aromatic rings. The van der Waals surface area contributed by atoms with Crippen molar-refractivity contribution in [3.63, 3.8) is 0 Å². The zero-order valence-corrected chi connectivity index (χ0v) is 21.5. The van der Waals surface area contributed by atoms with Crippen molar-refractivity contribution < 1.29 is 23.8 Å². The molecule has 2 aromatic carbocycles. The number of rotatable bonds is 10. The number of aromatic nitrogens is 4. The minimum atomic E-state index is -0.779. The Labute approximate surface area is 215 Å². The highest BCUT2D eigenvalue weighted by atomic mass is 16.5. The number of hydrogen-bond donors (Lipinski definition) is 1. The Hall–Kier alpha value is -4.15. The van der Waals surface area contributed by atoms with E-state index in [1.165, 1.54) is 16.8 Å². The summed E-state index contributed by atoms with van der Waals surface area (Å²) in [5.74, 6) is 1.31. The third-order valence-corrected chi connectivity index (χ3v) is 6.45. The molecule has 0 spiro atoms. The first-order chi connectivity index (χ1) is 17.9. The van der Waals surface area contributed by atoms with E-state index in [1.807, 2.05) is 6.07 Å². The van der Waals surface area contributed by atoms with Gasteiger partial charge in [0, 0.05) is 11.6 Å². The monoisotopic (exact) mass is 508 g/mol. The molecule has 0 bridgehead atoms. The quantitative estimate of drug-likeness (QED) is 0.444. The highest BCUT2D eigenvalue weighted by Crippen LogP contribution is 2.32. The Bertz CT molecular complexity index is 1240. The lowest BCUT2D eigenvalue weighted by molar-refractivity contribution is -0.127. The maximum atomic E-state index is 13.6. The summed E-state index contributed by atoms with van der Waals surface area (Å²) >= 11 is 0. The second kappa shape index (κ2) is 11.7. The van der Waals surface area contributed by atoms with Crippen molar-refractivity contribution in [1.29, 1.82) is 0 Å². The van der Waals surface area contributed by atoms with E-state index in [0.717, 1.165) is 25.7 Å². The molecule has 1 aromatic heterocycles. The summed E-state index contributed by atoms with van der Waals surface area (Å²) in [7, 11) is 4.63. The van der Waals surface area contributed by atoms with Crippen LogP contribution >= 0.6 is 0 Å². The van der Waals surface area contributed by atoms with Crippen LogP contribution in [0.15, 0.2) is 42.5 Å². The minimum absolute atomic E-state index is 0.130. The number of tetrazole rings is 1. The molecule has 1 heterocycles. The molecule has 4 rings (SSSR count). The lowest BCUT2D eigenvalue weighted by atomic mass is 10.1. The average molecular weight is 509 g/mol. The van der Waals surface area contributed by atoms with E-state index in [0.29, 0.717) is 34.3 Å². The Kier molecular flexibility index (Phi) is 8.22. The third-order valence-electron chi connectivity index (χ3n) is 6.45. The predicted octanol–water partition coefficient (Wildman–Crippen LogP) is 2.85. The number of anilines is 1. The molecule has 11 nitrogen and oxygen atoms in total. The van der Waals surface area contributed by atoms with Gasteiger partial charge < -0.3 is 19.5 Å². The van der Waals surface area contributed by atoms with Crippen molar-refractivity contribution in [3.05, 3.63) is 42.5 Å². The number of nitrogens with zero attached hydrogens (tertiary/aromatic N) is 5. The van der Waals surface area contributed by atoms with Crippen LogP contribution in [0, 0.1) is 0 Å². The van der Waals surface area contributed by atoms with Crippen molar-refractivity contribution >= 4 is 17.5 Å². The molecule has 0 saturated heterocycles. The van der Waals surface area contributed by atoms with E-state index >= 15 is 0 Å². The smallest absolute Gasteiger partial charge is 0.251 e. The number of nitrogens with one attached hydrogen (secondary N) is 1. The van der Waals surface area contributed by atoms with Gasteiger partial charge >= 0.3 is 0 Å². The second-order valence-electron chi connectivity index (χ2n) is 8.81. The number of para-hydroxylation sites is 2. The molecule has 11 heteroatoms. The Morgan fingerprint density at radius 2 is 1.73 bits per heavy atom. The van der Waals surface area contributed by atoms with Gasteiger partial charge in [0.25, 0.3) is 5.91 Å². The molecule has 1 aliphatic rings. The fourth-order valence-electron chi connectivity index (χ4n) is 4.50. The van der Waals surface area contributed by atoms with Gasteiger partial charge in [-0.3, -0.25) is 14.5 Å². The molecule has 2 amide bonds. The van der Waals surface area contributed by atoms with Crippen LogP contribution in [0.4, 0.5) is 5.69 Å². The first-order valence-electron chi connectivity index (χ1n) is 12.2. The molecular weight excluding hydrogens is 476 g/mol. The fourth-order valence-corrected chi connectivity index (χ4v) is 4.50. The summed E-state index contributed by atoms with van der Waals surface area (Å²) in [6, 6.07) is 11.7. The van der Waals surface area contributed by atoms with Crippen LogP contribution in [0.25, 0.3) is 11.4 Å². The summed E-state index contributed by atoms with van der Waals surface area (Å²) in [6.45, 7) is 1.48. The lowest BCUT2D eigenvalue weighted by Gasteiger charge is -2.30. The molecule has 0 aliphatic heterocycles. The molecular formula is C26H32N6O5. The van der Waals surface area contributed by atoms with Gasteiger partial charge in [0.2, 0.25) is 11.7 Å². The van der Waals surface area contributed by atoms with Crippen LogP contribution in [0.3, 0.4) is 0 Å². The number of hydrogen-bond acceptors (Lipinski definition) is 8. The fraction of sp³-hybridized carbons (Fsp3) is 0.423. The molecule has 1 saturated carbocycles. The first kappa shape index (κ1) is 25.9. The van der Waals surface area contributed by atoms with Crippen molar-refractivity contribution in [3.8, 4) is 28.6 Å². The van der Waals surface area contributed by atoms with Crippen LogP contribution in [0.5, 0.6) is 17.2 Å². The lowest BCUT2D eigenvalue weighted by Crippen LogP contribution is -2.51. The Morgan fingerprint density at radius 1 is 1.03 bits per heavy atom. The van der Waals surface area contributed by atoms with Gasteiger partial charge in [0.1, 0.15) is 18.3 Å². The molecule has 37 heavy (non-hydrogen) atoms. The van der Waals surface area contributed by atoms with E-state index in [4.69, 9.17) is 14.2 Å². The molecule has 1 atom stereocenters. The number of amides is 2. The van der Waals surface area contributed by atoms with Gasteiger partial charge in [-0.1, -0.05) is 25.0 Å². The maximum Gasteiger partial charge on any atom is 0.251 e. The topological polar surface area (TPSA) is 121 Å². The molecule has 0 radical (unpaired) electrons. The summed E-state index contributed by atoms with van der Waals surface area (Å²) in [4.78, 5) is 29.4. The van der Waals surface area contributed by atoms with Crippen molar-refractivity contribution in [1.82, 2.24) is 25.5 Å². The van der Waals surface area contributed by atoms with Crippen molar-refractivity contribution in [2.24, 2.45) is 0 Å². The zero-order chi connectivity index (χ0) is 26.4. The normalized spacial score (nSPS) is 14.2. The third kappa shape index (κ3) is 5.82. The van der Waals surface area contributed by atoms with Crippen LogP contribution in [-0.2, 0) is 16.1 Å². The Morgan fingerprint density at radius 3 is 2.43 bits per heavy atom. The zero-order valence-electron chi connectivity index (χ0n) is 21.5. The molecule has 196 valence electrons. The van der Waals surface area contributed by atoms with Crippen LogP contribution in [0.1, 0.15) is 32.6 Å². The minimum Gasteiger partial charge on any atom is -0.495 e. The SMILES string of the molecule is COc1ccc(-c2nnn(CC(=O)N(c3ccccc3OC)[C@H](C)C(=O)NC3CCCC3)n2)cc1OC. The largest absolute Gasteiger partial charge is 0.495 e. The van der Waals surface area contributed by atoms with E-state index in [2.05, 4.69) is 20.7 Å². The molecule has 1 fully saturated rings. The van der Waals surface area contributed by atoms with Crippen molar-refractivity contribution in [2.45, 2.75) is 51.2 Å². The summed E-state index contributed by atoms with van der Waals surface area (Å²) in [5.41, 5.74) is 1.14. The first-order valence-corrected chi connectivity index (χ1v) is 12.2. The number of carbonyl (C=O) groups is 2. The number of carbonyl (C=O) groups excluding carboxylic acids is 2. The van der Waals surface area contributed by atoms with E-state index < -0.39 is 6.04 Å². The molecule has 1 aliphatic carbocycles. The van der Waals surface area contributed by atoms with E-state index in [9.17, 15) is 9.59 Å². The number of ether oxygens (including phenoxy) is 3. The van der Waals surface area contributed by atoms with Gasteiger partial charge in [-0.15, -0.1) is 10.2 Å². The average Bonchev–Trinajstić information content (AvgIpc) is 3.61. The van der Waals surface area contributed by atoms with Crippen LogP contribution < -0.4 is 24.4 Å². The van der Waals surface area contributed by atoms with Crippen molar-refractivity contribution in [2.75, 3.05) is 26.2 Å². The van der Waals surface area contributed by atoms with Crippen LogP contribution in [0.2, 0.25) is 0 Å². The Balaban J connectivity index is 1.58. The molecule has 0 unspecified atom stereocenters. The molecule has 1 N–H and O–H groups in total. The maximum absolute atomic E-state index is 13.6. The summed E-state index contributed by atoms with van der Waals surface area (Å²) in [5, 5.41) is 15.6. The van der Waals surface area contributed by atoms with Gasteiger partial charge in [-0.25, -0.2) is 0 Å². The predicted molar refractivity (Wildman–Crippen MR) is 137 cm³/mol. The summed E-state index contributed by atoms with van der Waals surface area (Å²) in [6.07, 6.45) is 4.08. The highest BCUT2D eigenvalue weighted by Gasteiger charge is 2.31. The number of methoxy groups -OCH3 is 3. The highest BCUT2D eigenvalue weighted by molar-refractivity contribution is 6.01. The van der Waals surface area contributed by atoms with Gasteiger partial charge in [0.05, 0.1) is 27.0 Å². The standard InChI is InChI=1S/C26H32N6O5/c1-17(26(34)27-19-9-5-6-10-19)32(20-11-7-8-12-21(20)35-2)24(33)16-31-29-25(28-30-31)18-13-14-22(36-3)23(15-18)37-4/h7-8,11-15,17,19H,5-6,9-10,16H2,1-4H3,(H,27,34)/t17-/m1/s1.